The van der Waals surface area contributed by atoms with E-state index < -0.39 is 0 Å². The minimum absolute atomic E-state index is 0.0902. The fourth-order valence-electron chi connectivity index (χ4n) is 1.63. The third-order valence-electron chi connectivity index (χ3n) is 2.54. The third kappa shape index (κ3) is 3.28. The smallest absolute Gasteiger partial charge is 0.219 e. The first-order valence-electron chi connectivity index (χ1n) is 5.74. The van der Waals surface area contributed by atoms with Crippen molar-refractivity contribution in [2.75, 3.05) is 6.61 Å². The molecule has 0 unspecified atom stereocenters. The van der Waals surface area contributed by atoms with E-state index >= 15 is 0 Å². The van der Waals surface area contributed by atoms with E-state index in [1.807, 2.05) is 6.92 Å². The van der Waals surface area contributed by atoms with Gasteiger partial charge < -0.3 is 4.74 Å². The molecule has 0 atom stereocenters. The first-order valence-corrected chi connectivity index (χ1v) is 6.50. The summed E-state index contributed by atoms with van der Waals surface area (Å²) in [5, 5.41) is 4.97. The second-order valence-corrected chi connectivity index (χ2v) is 4.67. The van der Waals surface area contributed by atoms with Crippen LogP contribution in [0, 0.1) is 0 Å². The number of ketones is 1. The van der Waals surface area contributed by atoms with E-state index in [1.165, 1.54) is 6.20 Å². The summed E-state index contributed by atoms with van der Waals surface area (Å²) in [5.41, 5.74) is 0.373. The topological polar surface area (TPSA) is 44.1 Å². The van der Waals surface area contributed by atoms with Crippen molar-refractivity contribution in [1.29, 1.82) is 0 Å². The Morgan fingerprint density at radius 2 is 2.00 bits per heavy atom. The fraction of sp³-hybridized carbons (Fsp3) is 0.231. The van der Waals surface area contributed by atoms with Crippen molar-refractivity contribution >= 4 is 29.0 Å². The van der Waals surface area contributed by atoms with Crippen LogP contribution in [0.4, 0.5) is 0 Å². The molecule has 6 heteroatoms. The standard InChI is InChI=1S/C13H12Cl2N2O2/c1-2-17-13(11(15)7-16-17)12(18)8-19-10-5-3-9(14)4-6-10/h3-7H,2,8H2,1H3. The van der Waals surface area contributed by atoms with Crippen molar-refractivity contribution in [2.24, 2.45) is 0 Å². The van der Waals surface area contributed by atoms with Gasteiger partial charge in [-0.15, -0.1) is 0 Å². The van der Waals surface area contributed by atoms with Gasteiger partial charge in [0.1, 0.15) is 11.4 Å². The van der Waals surface area contributed by atoms with Gasteiger partial charge in [-0.25, -0.2) is 0 Å². The molecule has 0 radical (unpaired) electrons. The zero-order valence-electron chi connectivity index (χ0n) is 10.3. The maximum absolute atomic E-state index is 12.1. The number of aromatic nitrogens is 2. The van der Waals surface area contributed by atoms with Crippen LogP contribution in [0.5, 0.6) is 5.75 Å². The molecule has 19 heavy (non-hydrogen) atoms. The Morgan fingerprint density at radius 3 is 2.63 bits per heavy atom. The molecule has 0 bridgehead atoms. The Labute approximate surface area is 120 Å². The lowest BCUT2D eigenvalue weighted by Crippen LogP contribution is -2.17. The van der Waals surface area contributed by atoms with Crippen molar-refractivity contribution in [2.45, 2.75) is 13.5 Å². The molecule has 4 nitrogen and oxygen atoms in total. The average molecular weight is 299 g/mol. The lowest BCUT2D eigenvalue weighted by atomic mass is 10.3. The fourth-order valence-corrected chi connectivity index (χ4v) is 2.00. The Kier molecular flexibility index (Phi) is 4.45. The van der Waals surface area contributed by atoms with Gasteiger partial charge in [-0.2, -0.15) is 5.10 Å². The van der Waals surface area contributed by atoms with Crippen molar-refractivity contribution in [3.8, 4) is 5.75 Å². The number of hydrogen-bond acceptors (Lipinski definition) is 3. The normalized spacial score (nSPS) is 10.5. The summed E-state index contributed by atoms with van der Waals surface area (Å²) in [5.74, 6) is 0.371. The number of ether oxygens (including phenoxy) is 1. The van der Waals surface area contributed by atoms with E-state index in [0.717, 1.165) is 0 Å². The van der Waals surface area contributed by atoms with Gasteiger partial charge in [0, 0.05) is 11.6 Å². The minimum atomic E-state index is -0.209. The SMILES string of the molecule is CCn1ncc(Cl)c1C(=O)COc1ccc(Cl)cc1. The maximum Gasteiger partial charge on any atom is 0.219 e. The summed E-state index contributed by atoms with van der Waals surface area (Å²) in [6.07, 6.45) is 1.46. The number of aryl methyl sites for hydroxylation is 1. The minimum Gasteiger partial charge on any atom is -0.485 e. The van der Waals surface area contributed by atoms with Crippen molar-refractivity contribution in [3.05, 3.63) is 46.2 Å². The van der Waals surface area contributed by atoms with Crippen LogP contribution in [0.1, 0.15) is 17.4 Å². The molecule has 100 valence electrons. The van der Waals surface area contributed by atoms with E-state index in [1.54, 1.807) is 28.9 Å². The molecule has 0 amide bonds. The molecule has 1 heterocycles. The number of carbonyl (C=O) groups excluding carboxylic acids is 1. The van der Waals surface area contributed by atoms with Crippen LogP contribution in [0.2, 0.25) is 10.0 Å². The molecule has 2 rings (SSSR count). The molecule has 0 aliphatic rings. The molecule has 0 aliphatic heterocycles. The molecular formula is C13H12Cl2N2O2. The number of carbonyl (C=O) groups is 1. The highest BCUT2D eigenvalue weighted by Gasteiger charge is 2.17. The second-order valence-electron chi connectivity index (χ2n) is 3.82. The van der Waals surface area contributed by atoms with E-state index in [0.29, 0.717) is 28.0 Å². The van der Waals surface area contributed by atoms with Crippen molar-refractivity contribution < 1.29 is 9.53 Å². The molecule has 1 aromatic heterocycles. The summed E-state index contributed by atoms with van der Waals surface area (Å²) in [6, 6.07) is 6.80. The molecule has 0 N–H and O–H groups in total. The van der Waals surface area contributed by atoms with Crippen LogP contribution in [0.3, 0.4) is 0 Å². The maximum atomic E-state index is 12.1. The van der Waals surface area contributed by atoms with Gasteiger partial charge in [0.25, 0.3) is 0 Å². The van der Waals surface area contributed by atoms with Gasteiger partial charge in [-0.3, -0.25) is 9.48 Å². The summed E-state index contributed by atoms with van der Waals surface area (Å²) >= 11 is 11.7. The molecule has 0 saturated carbocycles. The molecular weight excluding hydrogens is 287 g/mol. The average Bonchev–Trinajstić information content (AvgIpc) is 2.79. The zero-order valence-corrected chi connectivity index (χ0v) is 11.8. The second kappa shape index (κ2) is 6.08. The summed E-state index contributed by atoms with van der Waals surface area (Å²) in [6.45, 7) is 2.38. The highest BCUT2D eigenvalue weighted by molar-refractivity contribution is 6.33. The first-order chi connectivity index (χ1) is 9.11. The largest absolute Gasteiger partial charge is 0.485 e. The number of hydrogen-bond donors (Lipinski definition) is 0. The van der Waals surface area contributed by atoms with Crippen LogP contribution in [-0.4, -0.2) is 22.2 Å². The van der Waals surface area contributed by atoms with Gasteiger partial charge in [0.15, 0.2) is 6.61 Å². The van der Waals surface area contributed by atoms with E-state index in [4.69, 9.17) is 27.9 Å². The summed E-state index contributed by atoms with van der Waals surface area (Å²) in [7, 11) is 0. The first kappa shape index (κ1) is 13.9. The highest BCUT2D eigenvalue weighted by Crippen LogP contribution is 2.18. The summed E-state index contributed by atoms with van der Waals surface area (Å²) < 4.78 is 6.94. The predicted octanol–water partition coefficient (Wildman–Crippen LogP) is 3.47. The third-order valence-corrected chi connectivity index (χ3v) is 3.07. The molecule has 0 fully saturated rings. The Bertz CT molecular complexity index is 579. The van der Waals surface area contributed by atoms with Crippen LogP contribution in [-0.2, 0) is 6.54 Å². The van der Waals surface area contributed by atoms with Gasteiger partial charge in [0.05, 0.1) is 11.2 Å². The van der Waals surface area contributed by atoms with Crippen LogP contribution in [0.15, 0.2) is 30.5 Å². The van der Waals surface area contributed by atoms with E-state index in [2.05, 4.69) is 5.10 Å². The monoisotopic (exact) mass is 298 g/mol. The highest BCUT2D eigenvalue weighted by atomic mass is 35.5. The number of benzene rings is 1. The number of halogens is 2. The van der Waals surface area contributed by atoms with Crippen molar-refractivity contribution in [3.63, 3.8) is 0 Å². The van der Waals surface area contributed by atoms with Crippen molar-refractivity contribution in [1.82, 2.24) is 9.78 Å². The molecule has 0 aliphatic carbocycles. The predicted molar refractivity (Wildman–Crippen MR) is 74.2 cm³/mol. The Morgan fingerprint density at radius 1 is 1.32 bits per heavy atom. The van der Waals surface area contributed by atoms with Crippen LogP contribution in [0.25, 0.3) is 0 Å². The van der Waals surface area contributed by atoms with E-state index in [-0.39, 0.29) is 12.4 Å². The zero-order chi connectivity index (χ0) is 13.8. The van der Waals surface area contributed by atoms with E-state index in [9.17, 15) is 4.79 Å². The molecule has 1 aromatic carbocycles. The lowest BCUT2D eigenvalue weighted by molar-refractivity contribution is 0.0911. The van der Waals surface area contributed by atoms with Gasteiger partial charge in [-0.1, -0.05) is 23.2 Å². The summed E-state index contributed by atoms with van der Waals surface area (Å²) in [4.78, 5) is 12.1. The van der Waals surface area contributed by atoms with Gasteiger partial charge in [-0.05, 0) is 31.2 Å². The number of nitrogens with zero attached hydrogens (tertiary/aromatic N) is 2. The Hall–Kier alpha value is -1.52. The molecule has 2 aromatic rings. The molecule has 0 saturated heterocycles. The van der Waals surface area contributed by atoms with Gasteiger partial charge >= 0.3 is 0 Å². The molecule has 0 spiro atoms. The van der Waals surface area contributed by atoms with Crippen LogP contribution >= 0.6 is 23.2 Å². The number of rotatable bonds is 5. The Balaban J connectivity index is 2.05. The lowest BCUT2D eigenvalue weighted by Gasteiger charge is -2.07. The quantitative estimate of drug-likeness (QED) is 0.794. The van der Waals surface area contributed by atoms with Crippen LogP contribution < -0.4 is 4.74 Å². The van der Waals surface area contributed by atoms with Gasteiger partial charge in [0.2, 0.25) is 5.78 Å². The number of Topliss-reactive ketones (excluding diaryl/α,β-unsaturated/α-hetero) is 1.